The highest BCUT2D eigenvalue weighted by molar-refractivity contribution is 5.77. The number of hydrogen-bond acceptors (Lipinski definition) is 4. The second-order valence-electron chi connectivity index (χ2n) is 5.55. The Morgan fingerprint density at radius 3 is 2.36 bits per heavy atom. The summed E-state index contributed by atoms with van der Waals surface area (Å²) in [6.45, 7) is 1.28. The average molecular weight is 343 g/mol. The summed E-state index contributed by atoms with van der Waals surface area (Å²) in [6, 6.07) is 13.0. The molecule has 0 amide bonds. The first-order valence-corrected chi connectivity index (χ1v) is 8.15. The third-order valence-electron chi connectivity index (χ3n) is 3.79. The molecule has 0 fully saturated rings. The number of nitrogens with one attached hydrogen (secondary N) is 1. The minimum Gasteiger partial charge on any atom is -0.508 e. The lowest BCUT2D eigenvalue weighted by molar-refractivity contribution is 0.354. The van der Waals surface area contributed by atoms with E-state index >= 15 is 0 Å². The van der Waals surface area contributed by atoms with Gasteiger partial charge in [0.1, 0.15) is 5.75 Å². The van der Waals surface area contributed by atoms with E-state index < -0.39 is 0 Å². The molecule has 2 aromatic carbocycles. The number of guanidine groups is 1. The van der Waals surface area contributed by atoms with Crippen molar-refractivity contribution in [3.05, 3.63) is 53.6 Å². The van der Waals surface area contributed by atoms with Gasteiger partial charge in [-0.05, 0) is 48.2 Å². The van der Waals surface area contributed by atoms with Gasteiger partial charge in [-0.3, -0.25) is 4.99 Å². The Morgan fingerprint density at radius 1 is 1.00 bits per heavy atom. The van der Waals surface area contributed by atoms with E-state index in [9.17, 15) is 5.11 Å². The predicted octanol–water partition coefficient (Wildman–Crippen LogP) is 2.10. The minimum absolute atomic E-state index is 0.267. The quantitative estimate of drug-likeness (QED) is 0.504. The van der Waals surface area contributed by atoms with Crippen molar-refractivity contribution >= 4 is 5.96 Å². The van der Waals surface area contributed by atoms with E-state index in [1.54, 1.807) is 26.4 Å². The molecule has 0 bridgehead atoms. The van der Waals surface area contributed by atoms with Gasteiger partial charge in [0.2, 0.25) is 0 Å². The third-order valence-corrected chi connectivity index (χ3v) is 3.79. The van der Waals surface area contributed by atoms with Crippen LogP contribution in [0.5, 0.6) is 17.2 Å². The average Bonchev–Trinajstić information content (AvgIpc) is 2.63. The normalized spacial score (nSPS) is 11.2. The molecular formula is C19H25N3O3. The second kappa shape index (κ2) is 9.42. The lowest BCUT2D eigenvalue weighted by Crippen LogP contribution is -2.33. The third kappa shape index (κ3) is 5.91. The summed E-state index contributed by atoms with van der Waals surface area (Å²) in [6.07, 6.45) is 1.58. The van der Waals surface area contributed by atoms with Crippen LogP contribution in [0, 0.1) is 0 Å². The number of rotatable bonds is 8. The van der Waals surface area contributed by atoms with Crippen LogP contribution < -0.4 is 20.5 Å². The molecule has 25 heavy (non-hydrogen) atoms. The molecule has 134 valence electrons. The molecule has 2 aromatic rings. The van der Waals surface area contributed by atoms with Gasteiger partial charge < -0.3 is 25.6 Å². The topological polar surface area (TPSA) is 89.1 Å². The van der Waals surface area contributed by atoms with E-state index in [1.807, 2.05) is 30.3 Å². The van der Waals surface area contributed by atoms with Gasteiger partial charge in [0.25, 0.3) is 0 Å². The fraction of sp³-hybridized carbons (Fsp3) is 0.316. The molecule has 0 heterocycles. The summed E-state index contributed by atoms with van der Waals surface area (Å²) in [4.78, 5) is 4.31. The number of phenols is 1. The summed E-state index contributed by atoms with van der Waals surface area (Å²) < 4.78 is 10.5. The Kier molecular flexibility index (Phi) is 6.95. The monoisotopic (exact) mass is 343 g/mol. The Bertz CT molecular complexity index is 700. The standard InChI is InChI=1S/C19H25N3O3/c1-24-17-8-5-15(13-18(17)25-2)10-12-22-19(20)21-11-9-14-3-6-16(23)7-4-14/h3-8,13,23H,9-12H2,1-2H3,(H3,20,21,22). The molecule has 0 saturated carbocycles. The molecule has 0 aliphatic heterocycles. The van der Waals surface area contributed by atoms with Crippen molar-refractivity contribution in [2.45, 2.75) is 12.8 Å². The van der Waals surface area contributed by atoms with Crippen molar-refractivity contribution in [3.8, 4) is 17.2 Å². The summed E-state index contributed by atoms with van der Waals surface area (Å²) in [7, 11) is 3.24. The van der Waals surface area contributed by atoms with Crippen molar-refractivity contribution in [1.82, 2.24) is 5.32 Å². The minimum atomic E-state index is 0.267. The van der Waals surface area contributed by atoms with Crippen LogP contribution in [0.15, 0.2) is 47.5 Å². The van der Waals surface area contributed by atoms with Gasteiger partial charge in [0.15, 0.2) is 17.5 Å². The smallest absolute Gasteiger partial charge is 0.188 e. The Hall–Kier alpha value is -2.89. The van der Waals surface area contributed by atoms with Gasteiger partial charge in [0.05, 0.1) is 14.2 Å². The van der Waals surface area contributed by atoms with E-state index in [4.69, 9.17) is 15.2 Å². The molecule has 0 spiro atoms. The fourth-order valence-electron chi connectivity index (χ4n) is 2.40. The summed E-state index contributed by atoms with van der Waals surface area (Å²) >= 11 is 0. The molecule has 0 atom stereocenters. The van der Waals surface area contributed by atoms with Crippen molar-refractivity contribution in [2.24, 2.45) is 10.7 Å². The molecule has 0 aliphatic rings. The van der Waals surface area contributed by atoms with Crippen LogP contribution in [0.4, 0.5) is 0 Å². The predicted molar refractivity (Wildman–Crippen MR) is 99.6 cm³/mol. The van der Waals surface area contributed by atoms with Gasteiger partial charge in [-0.2, -0.15) is 0 Å². The first-order chi connectivity index (χ1) is 12.1. The first-order valence-electron chi connectivity index (χ1n) is 8.15. The van der Waals surface area contributed by atoms with E-state index in [0.29, 0.717) is 19.0 Å². The largest absolute Gasteiger partial charge is 0.508 e. The van der Waals surface area contributed by atoms with E-state index in [-0.39, 0.29) is 5.75 Å². The van der Waals surface area contributed by atoms with E-state index in [2.05, 4.69) is 10.3 Å². The number of nitrogens with two attached hydrogens (primary N) is 1. The lowest BCUT2D eigenvalue weighted by atomic mass is 10.1. The molecule has 0 saturated heterocycles. The number of ether oxygens (including phenoxy) is 2. The van der Waals surface area contributed by atoms with Gasteiger partial charge >= 0.3 is 0 Å². The fourth-order valence-corrected chi connectivity index (χ4v) is 2.40. The molecule has 0 unspecified atom stereocenters. The van der Waals surface area contributed by atoms with Crippen LogP contribution in [0.3, 0.4) is 0 Å². The molecule has 0 aromatic heterocycles. The zero-order valence-electron chi connectivity index (χ0n) is 14.7. The van der Waals surface area contributed by atoms with Crippen LogP contribution in [-0.2, 0) is 12.8 Å². The van der Waals surface area contributed by atoms with Gasteiger partial charge in [-0.25, -0.2) is 0 Å². The Labute approximate surface area is 148 Å². The van der Waals surface area contributed by atoms with E-state index in [0.717, 1.165) is 35.5 Å². The molecule has 2 rings (SSSR count). The maximum absolute atomic E-state index is 9.25. The van der Waals surface area contributed by atoms with Gasteiger partial charge in [-0.15, -0.1) is 0 Å². The molecule has 4 N–H and O–H groups in total. The number of methoxy groups -OCH3 is 2. The molecule has 6 heteroatoms. The number of phenolic OH excluding ortho intramolecular Hbond substituents is 1. The van der Waals surface area contributed by atoms with Crippen LogP contribution in [0.2, 0.25) is 0 Å². The van der Waals surface area contributed by atoms with Gasteiger partial charge in [-0.1, -0.05) is 18.2 Å². The van der Waals surface area contributed by atoms with Crippen molar-refractivity contribution in [3.63, 3.8) is 0 Å². The maximum Gasteiger partial charge on any atom is 0.188 e. The molecule has 0 aliphatic carbocycles. The number of benzene rings is 2. The SMILES string of the molecule is COc1ccc(CCNC(N)=NCCc2ccc(O)cc2)cc1OC. The summed E-state index contributed by atoms with van der Waals surface area (Å²) in [5, 5.41) is 12.4. The Balaban J connectivity index is 1.75. The first kappa shape index (κ1) is 18.4. The highest BCUT2D eigenvalue weighted by Crippen LogP contribution is 2.27. The number of aliphatic imine (C=N–C) groups is 1. The summed E-state index contributed by atoms with van der Waals surface area (Å²) in [5.74, 6) is 2.13. The molecular weight excluding hydrogens is 318 g/mol. The van der Waals surface area contributed by atoms with Crippen LogP contribution >= 0.6 is 0 Å². The highest BCUT2D eigenvalue weighted by atomic mass is 16.5. The number of hydrogen-bond donors (Lipinski definition) is 3. The zero-order chi connectivity index (χ0) is 18.1. The van der Waals surface area contributed by atoms with Gasteiger partial charge in [0, 0.05) is 13.1 Å². The molecule has 0 radical (unpaired) electrons. The second-order valence-corrected chi connectivity index (χ2v) is 5.55. The van der Waals surface area contributed by atoms with E-state index in [1.165, 1.54) is 0 Å². The van der Waals surface area contributed by atoms with Crippen molar-refractivity contribution in [1.29, 1.82) is 0 Å². The van der Waals surface area contributed by atoms with Crippen molar-refractivity contribution < 1.29 is 14.6 Å². The highest BCUT2D eigenvalue weighted by Gasteiger charge is 2.04. The maximum atomic E-state index is 9.25. The zero-order valence-corrected chi connectivity index (χ0v) is 14.7. The van der Waals surface area contributed by atoms with Crippen molar-refractivity contribution in [2.75, 3.05) is 27.3 Å². The Morgan fingerprint density at radius 2 is 1.68 bits per heavy atom. The lowest BCUT2D eigenvalue weighted by Gasteiger charge is -2.10. The van der Waals surface area contributed by atoms with Crippen LogP contribution in [-0.4, -0.2) is 38.4 Å². The van der Waals surface area contributed by atoms with Crippen LogP contribution in [0.25, 0.3) is 0 Å². The molecule has 6 nitrogen and oxygen atoms in total. The summed E-state index contributed by atoms with van der Waals surface area (Å²) in [5.41, 5.74) is 8.12. The number of nitrogens with zero attached hydrogens (tertiary/aromatic N) is 1. The number of aromatic hydroxyl groups is 1. The van der Waals surface area contributed by atoms with Crippen LogP contribution in [0.1, 0.15) is 11.1 Å².